The van der Waals surface area contributed by atoms with Crippen LogP contribution in [0, 0.1) is 6.92 Å². The van der Waals surface area contributed by atoms with Gasteiger partial charge >= 0.3 is 0 Å². The van der Waals surface area contributed by atoms with Crippen molar-refractivity contribution in [2.45, 2.75) is 19.8 Å². The Bertz CT molecular complexity index is 505. The summed E-state index contributed by atoms with van der Waals surface area (Å²) in [5.41, 5.74) is 9.19. The molecular weight excluding hydrogens is 214 g/mol. The van der Waals surface area contributed by atoms with Crippen LogP contribution in [0.2, 0.25) is 0 Å². The van der Waals surface area contributed by atoms with Crippen molar-refractivity contribution in [1.82, 2.24) is 9.78 Å². The number of benzene rings is 1. The van der Waals surface area contributed by atoms with E-state index >= 15 is 0 Å². The Hall–Kier alpha value is -1.81. The van der Waals surface area contributed by atoms with Crippen LogP contribution in [0.4, 0.5) is 5.82 Å². The van der Waals surface area contributed by atoms with E-state index in [0.29, 0.717) is 12.2 Å². The summed E-state index contributed by atoms with van der Waals surface area (Å²) in [6.45, 7) is 2.21. The molecular formula is C13H17N3O. The number of anilines is 1. The highest BCUT2D eigenvalue weighted by atomic mass is 16.2. The van der Waals surface area contributed by atoms with Gasteiger partial charge in [0, 0.05) is 12.2 Å². The number of para-hydroxylation sites is 1. The highest BCUT2D eigenvalue weighted by Crippen LogP contribution is 2.20. The molecule has 0 unspecified atom stereocenters. The fourth-order valence-electron chi connectivity index (χ4n) is 1.85. The Morgan fingerprint density at radius 1 is 1.35 bits per heavy atom. The molecule has 90 valence electrons. The van der Waals surface area contributed by atoms with Crippen LogP contribution >= 0.6 is 0 Å². The molecule has 3 N–H and O–H groups in total. The van der Waals surface area contributed by atoms with E-state index in [-0.39, 0.29) is 6.61 Å². The third kappa shape index (κ3) is 2.31. The predicted molar refractivity (Wildman–Crippen MR) is 68.1 cm³/mol. The summed E-state index contributed by atoms with van der Waals surface area (Å²) in [5, 5.41) is 13.1. The Morgan fingerprint density at radius 2 is 2.12 bits per heavy atom. The maximum atomic E-state index is 8.82. The number of aryl methyl sites for hydroxylation is 2. The zero-order valence-electron chi connectivity index (χ0n) is 9.93. The molecule has 0 saturated heterocycles. The quantitative estimate of drug-likeness (QED) is 0.841. The summed E-state index contributed by atoms with van der Waals surface area (Å²) in [5.74, 6) is 0.660. The number of nitrogens with zero attached hydrogens (tertiary/aromatic N) is 2. The number of nitrogens with two attached hydrogens (primary N) is 1. The number of aromatic nitrogens is 2. The maximum Gasteiger partial charge on any atom is 0.130 e. The van der Waals surface area contributed by atoms with Crippen LogP contribution in [-0.2, 0) is 6.42 Å². The smallest absolute Gasteiger partial charge is 0.130 e. The fraction of sp³-hybridized carbons (Fsp3) is 0.308. The molecule has 0 radical (unpaired) electrons. The van der Waals surface area contributed by atoms with Crippen LogP contribution in [0.1, 0.15) is 17.5 Å². The van der Waals surface area contributed by atoms with Crippen molar-refractivity contribution in [2.24, 2.45) is 0 Å². The second-order valence-corrected chi connectivity index (χ2v) is 4.08. The van der Waals surface area contributed by atoms with Gasteiger partial charge in [-0.1, -0.05) is 18.2 Å². The second-order valence-electron chi connectivity index (χ2n) is 4.08. The van der Waals surface area contributed by atoms with Crippen LogP contribution in [0.5, 0.6) is 0 Å². The summed E-state index contributed by atoms with van der Waals surface area (Å²) >= 11 is 0. The van der Waals surface area contributed by atoms with Crippen LogP contribution in [-0.4, -0.2) is 21.5 Å². The number of nitrogen functional groups attached to an aromatic ring is 1. The molecule has 0 bridgehead atoms. The molecule has 0 fully saturated rings. The second kappa shape index (κ2) is 5.01. The molecule has 17 heavy (non-hydrogen) atoms. The van der Waals surface area contributed by atoms with Gasteiger partial charge in [0.1, 0.15) is 5.82 Å². The molecule has 0 aliphatic rings. The lowest BCUT2D eigenvalue weighted by molar-refractivity contribution is 0.288. The highest BCUT2D eigenvalue weighted by molar-refractivity contribution is 5.49. The van der Waals surface area contributed by atoms with E-state index in [0.717, 1.165) is 23.2 Å². The average Bonchev–Trinajstić information content (AvgIpc) is 2.69. The lowest BCUT2D eigenvalue weighted by Crippen LogP contribution is -2.04. The third-order valence-electron chi connectivity index (χ3n) is 2.83. The van der Waals surface area contributed by atoms with Gasteiger partial charge in [-0.25, -0.2) is 4.68 Å². The van der Waals surface area contributed by atoms with Crippen LogP contribution in [0.25, 0.3) is 5.69 Å². The average molecular weight is 231 g/mol. The van der Waals surface area contributed by atoms with Crippen molar-refractivity contribution in [2.75, 3.05) is 12.3 Å². The molecule has 2 rings (SSSR count). The van der Waals surface area contributed by atoms with Gasteiger partial charge in [0.15, 0.2) is 0 Å². The summed E-state index contributed by atoms with van der Waals surface area (Å²) in [4.78, 5) is 0. The molecule has 2 aromatic rings. The summed E-state index contributed by atoms with van der Waals surface area (Å²) < 4.78 is 1.75. The first-order chi connectivity index (χ1) is 8.24. The molecule has 0 spiro atoms. The number of rotatable bonds is 4. The van der Waals surface area contributed by atoms with E-state index in [1.807, 2.05) is 31.2 Å². The first-order valence-corrected chi connectivity index (χ1v) is 5.73. The van der Waals surface area contributed by atoms with Gasteiger partial charge in [0.2, 0.25) is 0 Å². The van der Waals surface area contributed by atoms with Crippen LogP contribution in [0.15, 0.2) is 30.5 Å². The van der Waals surface area contributed by atoms with E-state index in [9.17, 15) is 0 Å². The number of hydrogen-bond donors (Lipinski definition) is 2. The van der Waals surface area contributed by atoms with E-state index in [4.69, 9.17) is 10.8 Å². The largest absolute Gasteiger partial charge is 0.396 e. The van der Waals surface area contributed by atoms with Gasteiger partial charge in [-0.05, 0) is 31.4 Å². The first kappa shape index (κ1) is 11.7. The molecule has 4 nitrogen and oxygen atoms in total. The van der Waals surface area contributed by atoms with Crippen molar-refractivity contribution in [1.29, 1.82) is 0 Å². The molecule has 0 saturated carbocycles. The lowest BCUT2D eigenvalue weighted by Gasteiger charge is -2.07. The lowest BCUT2D eigenvalue weighted by atomic mass is 10.2. The molecule has 0 atom stereocenters. The van der Waals surface area contributed by atoms with Crippen molar-refractivity contribution in [3.8, 4) is 5.69 Å². The number of hydrogen-bond acceptors (Lipinski definition) is 3. The molecule has 0 aliphatic carbocycles. The van der Waals surface area contributed by atoms with Gasteiger partial charge in [-0.15, -0.1) is 0 Å². The molecule has 1 aromatic carbocycles. The third-order valence-corrected chi connectivity index (χ3v) is 2.83. The van der Waals surface area contributed by atoms with Gasteiger partial charge in [-0.3, -0.25) is 0 Å². The normalized spacial score (nSPS) is 10.7. The minimum atomic E-state index is 0.176. The predicted octanol–water partition coefficient (Wildman–Crippen LogP) is 1.69. The minimum Gasteiger partial charge on any atom is -0.396 e. The summed E-state index contributed by atoms with van der Waals surface area (Å²) in [6.07, 6.45) is 3.25. The van der Waals surface area contributed by atoms with Crippen molar-refractivity contribution < 1.29 is 5.11 Å². The number of aliphatic hydroxyl groups excluding tert-OH is 1. The highest BCUT2D eigenvalue weighted by Gasteiger charge is 2.09. The Labute approximate surface area is 101 Å². The summed E-state index contributed by atoms with van der Waals surface area (Å²) in [7, 11) is 0. The minimum absolute atomic E-state index is 0.176. The van der Waals surface area contributed by atoms with Crippen molar-refractivity contribution >= 4 is 5.82 Å². The Balaban J connectivity index is 2.34. The topological polar surface area (TPSA) is 64.1 Å². The van der Waals surface area contributed by atoms with Gasteiger partial charge < -0.3 is 10.8 Å². The molecule has 1 heterocycles. The standard InChI is InChI=1S/C13H17N3O/c1-10-5-2-3-7-12(10)16-13(14)11(9-15-16)6-4-8-17/h2-3,5,7,9,17H,4,6,8,14H2,1H3. The SMILES string of the molecule is Cc1ccccc1-n1ncc(CCCO)c1N. The van der Waals surface area contributed by atoms with Crippen molar-refractivity contribution in [3.63, 3.8) is 0 Å². The van der Waals surface area contributed by atoms with Crippen LogP contribution < -0.4 is 5.73 Å². The maximum absolute atomic E-state index is 8.82. The van der Waals surface area contributed by atoms with Crippen LogP contribution in [0.3, 0.4) is 0 Å². The van der Waals surface area contributed by atoms with Gasteiger partial charge in [0.25, 0.3) is 0 Å². The number of aliphatic hydroxyl groups is 1. The molecule has 0 aliphatic heterocycles. The fourth-order valence-corrected chi connectivity index (χ4v) is 1.85. The summed E-state index contributed by atoms with van der Waals surface area (Å²) in [6, 6.07) is 7.99. The van der Waals surface area contributed by atoms with E-state index in [2.05, 4.69) is 5.10 Å². The zero-order chi connectivity index (χ0) is 12.3. The molecule has 1 aromatic heterocycles. The molecule has 0 amide bonds. The monoisotopic (exact) mass is 231 g/mol. The Morgan fingerprint density at radius 3 is 2.82 bits per heavy atom. The van der Waals surface area contributed by atoms with E-state index < -0.39 is 0 Å². The van der Waals surface area contributed by atoms with Gasteiger partial charge in [0.05, 0.1) is 11.9 Å². The molecule has 4 heteroatoms. The van der Waals surface area contributed by atoms with Gasteiger partial charge in [-0.2, -0.15) is 5.10 Å². The van der Waals surface area contributed by atoms with E-state index in [1.54, 1.807) is 10.9 Å². The van der Waals surface area contributed by atoms with Crippen molar-refractivity contribution in [3.05, 3.63) is 41.6 Å². The first-order valence-electron chi connectivity index (χ1n) is 5.73. The zero-order valence-corrected chi connectivity index (χ0v) is 9.93. The van der Waals surface area contributed by atoms with E-state index in [1.165, 1.54) is 0 Å². The Kier molecular flexibility index (Phi) is 3.44.